The molecule has 0 amide bonds. The number of hydrogen-bond acceptors (Lipinski definition) is 4. The number of allylic oxidation sites excluding steroid dienone is 2. The number of carbonyl (C=O) groups excluding carboxylic acids is 2. The SMILES string of the molecule is CC1=CC(C)(C)C(C=O)=C[C@@H]1OC(=O)/C=C(\C)CO. The first-order valence-corrected chi connectivity index (χ1v) is 6.15. The molecular formula is C15H20O4. The molecule has 0 aromatic heterocycles. The summed E-state index contributed by atoms with van der Waals surface area (Å²) in [6.07, 6.45) is 5.11. The molecule has 0 aromatic rings. The number of carbonyl (C=O) groups is 2. The van der Waals surface area contributed by atoms with Crippen LogP contribution in [-0.4, -0.2) is 30.1 Å². The molecule has 0 spiro atoms. The van der Waals surface area contributed by atoms with Gasteiger partial charge in [0.15, 0.2) is 0 Å². The van der Waals surface area contributed by atoms with Gasteiger partial charge in [-0.1, -0.05) is 19.9 Å². The average Bonchev–Trinajstić information content (AvgIpc) is 2.31. The molecule has 0 fully saturated rings. The largest absolute Gasteiger partial charge is 0.450 e. The molecule has 19 heavy (non-hydrogen) atoms. The summed E-state index contributed by atoms with van der Waals surface area (Å²) >= 11 is 0. The van der Waals surface area contributed by atoms with Gasteiger partial charge in [-0.3, -0.25) is 4.79 Å². The second kappa shape index (κ2) is 5.97. The topological polar surface area (TPSA) is 63.6 Å². The first kappa shape index (κ1) is 15.4. The zero-order valence-electron chi connectivity index (χ0n) is 11.8. The van der Waals surface area contributed by atoms with Crippen LogP contribution in [0.2, 0.25) is 0 Å². The van der Waals surface area contributed by atoms with Crippen molar-refractivity contribution in [1.82, 2.24) is 0 Å². The van der Waals surface area contributed by atoms with E-state index in [-0.39, 0.29) is 12.0 Å². The molecule has 0 aromatic carbocycles. The van der Waals surface area contributed by atoms with Gasteiger partial charge < -0.3 is 9.84 Å². The number of aliphatic hydroxyl groups is 1. The maximum atomic E-state index is 11.6. The van der Waals surface area contributed by atoms with E-state index >= 15 is 0 Å². The van der Waals surface area contributed by atoms with Crippen molar-refractivity contribution in [1.29, 1.82) is 0 Å². The Morgan fingerprint density at radius 1 is 1.53 bits per heavy atom. The van der Waals surface area contributed by atoms with Gasteiger partial charge in [0.1, 0.15) is 12.4 Å². The van der Waals surface area contributed by atoms with Crippen LogP contribution in [0.1, 0.15) is 27.7 Å². The number of aliphatic hydroxyl groups excluding tert-OH is 1. The molecular weight excluding hydrogens is 244 g/mol. The Hall–Kier alpha value is -1.68. The van der Waals surface area contributed by atoms with Crippen molar-refractivity contribution in [2.45, 2.75) is 33.8 Å². The molecule has 0 bridgehead atoms. The fourth-order valence-electron chi connectivity index (χ4n) is 1.97. The van der Waals surface area contributed by atoms with Crippen molar-refractivity contribution < 1.29 is 19.4 Å². The monoisotopic (exact) mass is 264 g/mol. The summed E-state index contributed by atoms with van der Waals surface area (Å²) < 4.78 is 5.27. The van der Waals surface area contributed by atoms with Crippen LogP contribution in [0, 0.1) is 5.41 Å². The van der Waals surface area contributed by atoms with Gasteiger partial charge in [0.05, 0.1) is 6.61 Å². The van der Waals surface area contributed by atoms with E-state index in [0.717, 1.165) is 11.9 Å². The van der Waals surface area contributed by atoms with E-state index in [4.69, 9.17) is 9.84 Å². The lowest BCUT2D eigenvalue weighted by Crippen LogP contribution is -2.26. The molecule has 1 aliphatic rings. The van der Waals surface area contributed by atoms with E-state index in [1.54, 1.807) is 13.0 Å². The summed E-state index contributed by atoms with van der Waals surface area (Å²) in [5, 5.41) is 8.84. The van der Waals surface area contributed by atoms with Crippen molar-refractivity contribution >= 4 is 12.3 Å². The highest BCUT2D eigenvalue weighted by molar-refractivity contribution is 5.83. The van der Waals surface area contributed by atoms with E-state index in [0.29, 0.717) is 11.1 Å². The molecule has 1 N–H and O–H groups in total. The normalized spacial score (nSPS) is 22.4. The Morgan fingerprint density at radius 3 is 2.68 bits per heavy atom. The fourth-order valence-corrected chi connectivity index (χ4v) is 1.97. The highest BCUT2D eigenvalue weighted by atomic mass is 16.5. The number of aldehydes is 1. The van der Waals surface area contributed by atoms with E-state index in [1.807, 2.05) is 26.8 Å². The third-order valence-corrected chi connectivity index (χ3v) is 3.10. The van der Waals surface area contributed by atoms with Gasteiger partial charge in [0.25, 0.3) is 0 Å². The highest BCUT2D eigenvalue weighted by Gasteiger charge is 2.29. The minimum atomic E-state index is -0.525. The summed E-state index contributed by atoms with van der Waals surface area (Å²) in [7, 11) is 0. The maximum absolute atomic E-state index is 11.6. The molecule has 0 saturated heterocycles. The van der Waals surface area contributed by atoms with E-state index in [1.165, 1.54) is 6.08 Å². The summed E-state index contributed by atoms with van der Waals surface area (Å²) in [5.74, 6) is -0.523. The van der Waals surface area contributed by atoms with Gasteiger partial charge in [0, 0.05) is 17.1 Å². The lowest BCUT2D eigenvalue weighted by molar-refractivity contribution is -0.139. The molecule has 1 atom stereocenters. The van der Waals surface area contributed by atoms with Gasteiger partial charge in [-0.15, -0.1) is 0 Å². The Kier molecular flexibility index (Phi) is 4.84. The van der Waals surface area contributed by atoms with Crippen LogP contribution in [0.4, 0.5) is 0 Å². The number of ether oxygens (including phenoxy) is 1. The lowest BCUT2D eigenvalue weighted by Gasteiger charge is -2.29. The van der Waals surface area contributed by atoms with E-state index < -0.39 is 12.1 Å². The van der Waals surface area contributed by atoms with Gasteiger partial charge in [-0.25, -0.2) is 4.79 Å². The first-order valence-electron chi connectivity index (χ1n) is 6.15. The Labute approximate surface area is 113 Å². The summed E-state index contributed by atoms with van der Waals surface area (Å²) in [6.45, 7) is 7.19. The number of hydrogen-bond donors (Lipinski definition) is 1. The number of esters is 1. The zero-order chi connectivity index (χ0) is 14.6. The fraction of sp³-hybridized carbons (Fsp3) is 0.467. The molecule has 0 saturated carbocycles. The molecule has 4 nitrogen and oxygen atoms in total. The molecule has 0 aliphatic heterocycles. The molecule has 0 radical (unpaired) electrons. The zero-order valence-corrected chi connectivity index (χ0v) is 11.8. The third kappa shape index (κ3) is 3.89. The van der Waals surface area contributed by atoms with Crippen LogP contribution in [0.15, 0.2) is 34.9 Å². The molecule has 1 aliphatic carbocycles. The Bertz CT molecular complexity index is 467. The maximum Gasteiger partial charge on any atom is 0.331 e. The second-order valence-corrected chi connectivity index (χ2v) is 5.36. The van der Waals surface area contributed by atoms with Gasteiger partial charge in [-0.2, -0.15) is 0 Å². The smallest absolute Gasteiger partial charge is 0.331 e. The van der Waals surface area contributed by atoms with Crippen LogP contribution in [0.25, 0.3) is 0 Å². The van der Waals surface area contributed by atoms with Gasteiger partial charge in [-0.05, 0) is 31.1 Å². The minimum Gasteiger partial charge on any atom is -0.450 e. The summed E-state index contributed by atoms with van der Waals surface area (Å²) in [5.41, 5.74) is 1.67. The van der Waals surface area contributed by atoms with Crippen LogP contribution in [-0.2, 0) is 14.3 Å². The van der Waals surface area contributed by atoms with Crippen molar-refractivity contribution in [2.75, 3.05) is 6.61 Å². The summed E-state index contributed by atoms with van der Waals surface area (Å²) in [6, 6.07) is 0. The van der Waals surface area contributed by atoms with Crippen molar-refractivity contribution in [3.8, 4) is 0 Å². The standard InChI is InChI=1S/C15H20O4/c1-10(8-16)5-14(18)19-13-6-12(9-17)15(3,4)7-11(13)2/h5-7,9,13,16H,8H2,1-4H3/b10-5+/t13-/m0/s1. The predicted molar refractivity (Wildman–Crippen MR) is 72.4 cm³/mol. The van der Waals surface area contributed by atoms with Crippen LogP contribution in [0.5, 0.6) is 0 Å². The molecule has 104 valence electrons. The Balaban J connectivity index is 2.88. The third-order valence-electron chi connectivity index (χ3n) is 3.10. The van der Waals surface area contributed by atoms with Gasteiger partial charge in [0.2, 0.25) is 0 Å². The first-order chi connectivity index (χ1) is 8.80. The molecule has 1 rings (SSSR count). The highest BCUT2D eigenvalue weighted by Crippen LogP contribution is 2.34. The lowest BCUT2D eigenvalue weighted by atomic mass is 9.78. The predicted octanol–water partition coefficient (Wildman–Crippen LogP) is 1.95. The molecule has 0 unspecified atom stereocenters. The van der Waals surface area contributed by atoms with E-state index in [2.05, 4.69) is 0 Å². The quantitative estimate of drug-likeness (QED) is 0.365. The second-order valence-electron chi connectivity index (χ2n) is 5.36. The molecule has 0 heterocycles. The van der Waals surface area contributed by atoms with Gasteiger partial charge >= 0.3 is 5.97 Å². The van der Waals surface area contributed by atoms with Crippen molar-refractivity contribution in [2.24, 2.45) is 5.41 Å². The van der Waals surface area contributed by atoms with Crippen LogP contribution >= 0.6 is 0 Å². The Morgan fingerprint density at radius 2 is 2.16 bits per heavy atom. The molecule has 4 heteroatoms. The summed E-state index contributed by atoms with van der Waals surface area (Å²) in [4.78, 5) is 22.7. The number of rotatable bonds is 4. The van der Waals surface area contributed by atoms with Crippen molar-refractivity contribution in [3.63, 3.8) is 0 Å². The minimum absolute atomic E-state index is 0.183. The van der Waals surface area contributed by atoms with Crippen LogP contribution < -0.4 is 0 Å². The van der Waals surface area contributed by atoms with E-state index in [9.17, 15) is 9.59 Å². The van der Waals surface area contributed by atoms with Crippen LogP contribution in [0.3, 0.4) is 0 Å². The van der Waals surface area contributed by atoms with Crippen molar-refractivity contribution in [3.05, 3.63) is 34.9 Å². The average molecular weight is 264 g/mol.